The maximum Gasteiger partial charge on any atom is 0.251 e. The van der Waals surface area contributed by atoms with Crippen molar-refractivity contribution in [1.82, 2.24) is 15.2 Å². The molecule has 2 atom stereocenters. The Morgan fingerprint density at radius 2 is 2.06 bits per heavy atom. The van der Waals surface area contributed by atoms with Crippen molar-refractivity contribution in [3.8, 4) is 0 Å². The first kappa shape index (κ1) is 22.9. The van der Waals surface area contributed by atoms with E-state index < -0.39 is 11.7 Å². The first-order valence-electron chi connectivity index (χ1n) is 10.7. The summed E-state index contributed by atoms with van der Waals surface area (Å²) in [5.74, 6) is -0.502. The molecule has 2 aromatic rings. The van der Waals surface area contributed by atoms with Gasteiger partial charge in [-0.1, -0.05) is 25.0 Å². The summed E-state index contributed by atoms with van der Waals surface area (Å²) in [5.41, 5.74) is 6.91. The molecule has 1 aliphatic carbocycles. The Balaban J connectivity index is 1.58. The average molecular weight is 427 g/mol. The van der Waals surface area contributed by atoms with Crippen LogP contribution in [0.4, 0.5) is 4.39 Å². The number of aromatic nitrogens is 1. The Labute approximate surface area is 183 Å². The van der Waals surface area contributed by atoms with Crippen molar-refractivity contribution >= 4 is 11.8 Å². The third-order valence-corrected chi connectivity index (χ3v) is 5.94. The second-order valence-electron chi connectivity index (χ2n) is 8.67. The van der Waals surface area contributed by atoms with E-state index in [1.54, 1.807) is 12.3 Å². The molecule has 1 aromatic carbocycles. The van der Waals surface area contributed by atoms with E-state index in [1.165, 1.54) is 25.0 Å². The van der Waals surface area contributed by atoms with Gasteiger partial charge in [-0.05, 0) is 68.1 Å². The second kappa shape index (κ2) is 10.5. The number of carbonyl (C=O) groups is 2. The zero-order chi connectivity index (χ0) is 22.4. The number of primary amides is 1. The summed E-state index contributed by atoms with van der Waals surface area (Å²) in [4.78, 5) is 30.2. The topological polar surface area (TPSA) is 88.3 Å². The highest BCUT2D eigenvalue weighted by Gasteiger charge is 2.28. The van der Waals surface area contributed by atoms with E-state index in [9.17, 15) is 14.0 Å². The quantitative estimate of drug-likeness (QED) is 0.578. The second-order valence-corrected chi connectivity index (χ2v) is 8.67. The van der Waals surface area contributed by atoms with Gasteiger partial charge < -0.3 is 16.0 Å². The molecule has 0 radical (unpaired) electrons. The van der Waals surface area contributed by atoms with E-state index in [0.717, 1.165) is 17.5 Å². The highest BCUT2D eigenvalue weighted by Crippen LogP contribution is 2.39. The number of pyridine rings is 1. The minimum absolute atomic E-state index is 0.0107. The summed E-state index contributed by atoms with van der Waals surface area (Å²) >= 11 is 0. The molecule has 0 bridgehead atoms. The summed E-state index contributed by atoms with van der Waals surface area (Å²) in [5, 5.41) is 3.05. The van der Waals surface area contributed by atoms with E-state index in [0.29, 0.717) is 25.3 Å². The molecule has 1 fully saturated rings. The Hall–Kier alpha value is -2.80. The van der Waals surface area contributed by atoms with Crippen molar-refractivity contribution in [3.63, 3.8) is 0 Å². The molecule has 3 N–H and O–H groups in total. The molecule has 1 aromatic heterocycles. The fourth-order valence-corrected chi connectivity index (χ4v) is 3.83. The van der Waals surface area contributed by atoms with Gasteiger partial charge in [0.2, 0.25) is 5.91 Å². The summed E-state index contributed by atoms with van der Waals surface area (Å²) in [6.45, 7) is 0.453. The number of rotatable bonds is 11. The lowest BCUT2D eigenvalue weighted by molar-refractivity contribution is -0.121. The van der Waals surface area contributed by atoms with Gasteiger partial charge in [-0.25, -0.2) is 4.39 Å². The number of nitrogens with two attached hydrogens (primary N) is 1. The molecule has 3 rings (SSSR count). The normalized spacial score (nSPS) is 15.5. The third kappa shape index (κ3) is 6.85. The number of hydrogen-bond donors (Lipinski definition) is 2. The smallest absolute Gasteiger partial charge is 0.251 e. The Morgan fingerprint density at radius 1 is 1.29 bits per heavy atom. The molecule has 1 saturated carbocycles. The highest BCUT2D eigenvalue weighted by atomic mass is 19.1. The Kier molecular flexibility index (Phi) is 7.74. The molecular formula is C24H31FN4O2. The number of nitrogens with one attached hydrogen (secondary N) is 1. The lowest BCUT2D eigenvalue weighted by Crippen LogP contribution is -2.42. The van der Waals surface area contributed by atoms with Crippen LogP contribution < -0.4 is 11.1 Å². The van der Waals surface area contributed by atoms with Gasteiger partial charge in [-0.2, -0.15) is 0 Å². The first-order chi connectivity index (χ1) is 14.8. The van der Waals surface area contributed by atoms with Gasteiger partial charge in [0.1, 0.15) is 5.82 Å². The van der Waals surface area contributed by atoms with E-state index in [2.05, 4.69) is 10.3 Å². The monoisotopic (exact) mass is 426 g/mol. The van der Waals surface area contributed by atoms with Gasteiger partial charge in [0.15, 0.2) is 0 Å². The Bertz CT molecular complexity index is 900. The molecule has 1 aliphatic rings. The standard InChI is InChI=1S/C24H31FN4O2/c1-29(2)20(11-17-7-8-21(24(26)31)22(25)12-17)15-28-23(30)13-19(10-16-5-6-16)18-4-3-9-27-14-18/h3-4,7-9,12,14,16,19-20H,5-6,10-11,13,15H2,1-2H3,(H2,26,31)(H,28,30). The van der Waals surface area contributed by atoms with Crippen LogP contribution in [-0.2, 0) is 11.2 Å². The summed E-state index contributed by atoms with van der Waals surface area (Å²) in [6.07, 6.45) is 8.08. The summed E-state index contributed by atoms with van der Waals surface area (Å²) < 4.78 is 14.1. The van der Waals surface area contributed by atoms with Crippen LogP contribution in [0.3, 0.4) is 0 Å². The molecule has 166 valence electrons. The number of hydrogen-bond acceptors (Lipinski definition) is 4. The van der Waals surface area contributed by atoms with E-state index >= 15 is 0 Å². The predicted molar refractivity (Wildman–Crippen MR) is 118 cm³/mol. The molecule has 7 heteroatoms. The van der Waals surface area contributed by atoms with Crippen molar-refractivity contribution < 1.29 is 14.0 Å². The first-order valence-corrected chi connectivity index (χ1v) is 10.7. The fraction of sp³-hybridized carbons (Fsp3) is 0.458. The minimum atomic E-state index is -0.783. The SMILES string of the molecule is CN(C)C(CNC(=O)CC(CC1CC1)c1cccnc1)Cc1ccc(C(N)=O)c(F)c1. The maximum atomic E-state index is 14.1. The molecule has 0 saturated heterocycles. The van der Waals surface area contributed by atoms with Crippen molar-refractivity contribution in [2.45, 2.75) is 44.1 Å². The van der Waals surface area contributed by atoms with Crippen LogP contribution in [-0.4, -0.2) is 48.4 Å². The molecule has 2 amide bonds. The fourth-order valence-electron chi connectivity index (χ4n) is 3.83. The van der Waals surface area contributed by atoms with E-state index in [4.69, 9.17) is 5.73 Å². The van der Waals surface area contributed by atoms with Crippen molar-refractivity contribution in [2.75, 3.05) is 20.6 Å². The van der Waals surface area contributed by atoms with Crippen LogP contribution in [0.2, 0.25) is 0 Å². The molecule has 2 unspecified atom stereocenters. The van der Waals surface area contributed by atoms with Crippen LogP contribution in [0, 0.1) is 11.7 Å². The average Bonchev–Trinajstić information content (AvgIpc) is 3.55. The van der Waals surface area contributed by atoms with Gasteiger partial charge in [0, 0.05) is 31.4 Å². The van der Waals surface area contributed by atoms with Crippen LogP contribution in [0.1, 0.15) is 53.1 Å². The summed E-state index contributed by atoms with van der Waals surface area (Å²) in [6, 6.07) is 8.40. The van der Waals surface area contributed by atoms with Gasteiger partial charge in [0.05, 0.1) is 5.56 Å². The lowest BCUT2D eigenvalue weighted by atomic mass is 9.91. The van der Waals surface area contributed by atoms with Crippen LogP contribution in [0.25, 0.3) is 0 Å². The molecule has 0 aliphatic heterocycles. The molecule has 31 heavy (non-hydrogen) atoms. The molecule has 0 spiro atoms. The number of likely N-dealkylation sites (N-methyl/N-ethyl adjacent to an activating group) is 1. The van der Waals surface area contributed by atoms with Gasteiger partial charge in [-0.15, -0.1) is 0 Å². The van der Waals surface area contributed by atoms with Gasteiger partial charge >= 0.3 is 0 Å². The van der Waals surface area contributed by atoms with Crippen LogP contribution in [0.5, 0.6) is 0 Å². The zero-order valence-electron chi connectivity index (χ0n) is 18.2. The number of halogens is 1. The number of benzene rings is 1. The maximum absolute atomic E-state index is 14.1. The van der Waals surface area contributed by atoms with E-state index in [-0.39, 0.29) is 23.4 Å². The zero-order valence-corrected chi connectivity index (χ0v) is 18.2. The van der Waals surface area contributed by atoms with Gasteiger partial charge in [-0.3, -0.25) is 14.6 Å². The predicted octanol–water partition coefficient (Wildman–Crippen LogP) is 2.88. The third-order valence-electron chi connectivity index (χ3n) is 5.94. The Morgan fingerprint density at radius 3 is 2.65 bits per heavy atom. The van der Waals surface area contributed by atoms with Gasteiger partial charge in [0.25, 0.3) is 5.91 Å². The number of amides is 2. The van der Waals surface area contributed by atoms with E-state index in [1.807, 2.05) is 37.3 Å². The lowest BCUT2D eigenvalue weighted by Gasteiger charge is -2.25. The van der Waals surface area contributed by atoms with Crippen molar-refractivity contribution in [3.05, 3.63) is 65.2 Å². The molecule has 6 nitrogen and oxygen atoms in total. The largest absolute Gasteiger partial charge is 0.366 e. The number of nitrogens with zero attached hydrogens (tertiary/aromatic N) is 2. The van der Waals surface area contributed by atoms with Crippen LogP contribution in [0.15, 0.2) is 42.7 Å². The van der Waals surface area contributed by atoms with Crippen LogP contribution >= 0.6 is 0 Å². The minimum Gasteiger partial charge on any atom is -0.366 e. The molecule has 1 heterocycles. The van der Waals surface area contributed by atoms with Crippen molar-refractivity contribution in [2.24, 2.45) is 11.7 Å². The number of carbonyl (C=O) groups excluding carboxylic acids is 2. The summed E-state index contributed by atoms with van der Waals surface area (Å²) in [7, 11) is 3.85. The molecular weight excluding hydrogens is 395 g/mol. The van der Waals surface area contributed by atoms with Crippen molar-refractivity contribution in [1.29, 1.82) is 0 Å². The highest BCUT2D eigenvalue weighted by molar-refractivity contribution is 5.93.